The molecule has 0 fully saturated rings. The third kappa shape index (κ3) is 67.3. The molecule has 0 bridgehead atoms. The van der Waals surface area contributed by atoms with E-state index in [9.17, 15) is 19.8 Å². The van der Waals surface area contributed by atoms with Crippen molar-refractivity contribution in [3.63, 3.8) is 0 Å². The SMILES string of the molecule is CCCCCCCC/C=C\CCCCCCCCCCCC(=O)OCCCCCCCCCCCCC/C=C\CCCCCCCCCC(=O)NC(CO)C(O)CCCCCCCCCCCCCCCCCCCCCCCCC. The summed E-state index contributed by atoms with van der Waals surface area (Å²) in [7, 11) is 0. The summed E-state index contributed by atoms with van der Waals surface area (Å²) in [4.78, 5) is 24.7. The molecule has 0 aromatic carbocycles. The fourth-order valence-corrected chi connectivity index (χ4v) is 11.8. The van der Waals surface area contributed by atoms with Crippen molar-refractivity contribution in [1.29, 1.82) is 0 Å². The normalized spacial score (nSPS) is 12.6. The van der Waals surface area contributed by atoms with Gasteiger partial charge in [-0.1, -0.05) is 353 Å². The number of amides is 1. The van der Waals surface area contributed by atoms with Crippen LogP contribution < -0.4 is 5.32 Å². The fraction of sp³-hybridized carbons (Fsp3) is 0.920. The lowest BCUT2D eigenvalue weighted by molar-refractivity contribution is -0.143. The first-order chi connectivity index (χ1) is 40.0. The Kier molecular flexibility index (Phi) is 69.4. The topological polar surface area (TPSA) is 95.9 Å². The summed E-state index contributed by atoms with van der Waals surface area (Å²) < 4.78 is 5.51. The van der Waals surface area contributed by atoms with Gasteiger partial charge < -0.3 is 20.3 Å². The largest absolute Gasteiger partial charge is 0.466 e. The number of carbonyl (C=O) groups excluding carboxylic acids is 2. The highest BCUT2D eigenvalue weighted by Crippen LogP contribution is 2.19. The first-order valence-corrected chi connectivity index (χ1v) is 37.1. The second-order valence-electron chi connectivity index (χ2n) is 25.6. The maximum Gasteiger partial charge on any atom is 0.305 e. The molecule has 0 aromatic heterocycles. The number of aliphatic hydroxyl groups is 2. The molecule has 0 aliphatic carbocycles. The molecule has 6 heteroatoms. The third-order valence-corrected chi connectivity index (χ3v) is 17.5. The minimum atomic E-state index is -0.670. The zero-order valence-corrected chi connectivity index (χ0v) is 55.0. The fourth-order valence-electron chi connectivity index (χ4n) is 11.8. The standard InChI is InChI=1S/C75H145NO5/c1-3-5-7-9-11-13-15-17-19-21-23-24-25-28-32-35-39-43-47-51-55-59-63-67-73(78)72(71-77)76-74(79)68-64-60-56-52-48-44-40-36-33-29-26-27-30-34-38-42-46-50-54-58-62-66-70-81-75(80)69-65-61-57-53-49-45-41-37-31-22-20-18-16-14-12-10-8-6-4-2/h18,20,29,33,72-73,77-78H,3-17,19,21-28,30-32,34-71H2,1-2H3,(H,76,79)/b20-18-,33-29-. The van der Waals surface area contributed by atoms with E-state index in [0.717, 1.165) is 44.9 Å². The van der Waals surface area contributed by atoms with Gasteiger partial charge in [0.25, 0.3) is 0 Å². The van der Waals surface area contributed by atoms with E-state index >= 15 is 0 Å². The summed E-state index contributed by atoms with van der Waals surface area (Å²) >= 11 is 0. The molecule has 480 valence electrons. The van der Waals surface area contributed by atoms with E-state index in [1.54, 1.807) is 0 Å². The average Bonchev–Trinajstić information content (AvgIpc) is 3.47. The second kappa shape index (κ2) is 70.8. The van der Waals surface area contributed by atoms with Crippen molar-refractivity contribution in [3.05, 3.63) is 24.3 Å². The first-order valence-electron chi connectivity index (χ1n) is 37.1. The Balaban J connectivity index is 3.40. The number of carbonyl (C=O) groups is 2. The number of hydrogen-bond acceptors (Lipinski definition) is 5. The van der Waals surface area contributed by atoms with Crippen LogP contribution in [0.15, 0.2) is 24.3 Å². The summed E-state index contributed by atoms with van der Waals surface area (Å²) in [6.07, 6.45) is 89.5. The molecule has 0 radical (unpaired) electrons. The van der Waals surface area contributed by atoms with E-state index < -0.39 is 12.1 Å². The third-order valence-electron chi connectivity index (χ3n) is 17.5. The van der Waals surface area contributed by atoms with Crippen molar-refractivity contribution in [2.75, 3.05) is 13.2 Å². The molecule has 0 spiro atoms. The number of ether oxygens (including phenoxy) is 1. The van der Waals surface area contributed by atoms with E-state index in [1.807, 2.05) is 0 Å². The van der Waals surface area contributed by atoms with Crippen molar-refractivity contribution in [1.82, 2.24) is 5.32 Å². The molecule has 6 nitrogen and oxygen atoms in total. The summed E-state index contributed by atoms with van der Waals surface area (Å²) in [5.74, 6) is -0.0264. The van der Waals surface area contributed by atoms with Gasteiger partial charge in [0.1, 0.15) is 0 Å². The van der Waals surface area contributed by atoms with Crippen LogP contribution in [-0.2, 0) is 14.3 Å². The molecule has 0 saturated heterocycles. The van der Waals surface area contributed by atoms with Gasteiger partial charge in [0.15, 0.2) is 0 Å². The molecule has 81 heavy (non-hydrogen) atoms. The Morgan fingerprint density at radius 3 is 0.877 bits per heavy atom. The van der Waals surface area contributed by atoms with E-state index in [2.05, 4.69) is 43.5 Å². The van der Waals surface area contributed by atoms with E-state index in [0.29, 0.717) is 25.9 Å². The average molecular weight is 1140 g/mol. The molecule has 1 amide bonds. The Morgan fingerprint density at radius 1 is 0.333 bits per heavy atom. The van der Waals surface area contributed by atoms with Crippen molar-refractivity contribution >= 4 is 11.9 Å². The van der Waals surface area contributed by atoms with E-state index in [-0.39, 0.29) is 18.5 Å². The Labute approximate surface area is 507 Å². The molecule has 3 N–H and O–H groups in total. The second-order valence-corrected chi connectivity index (χ2v) is 25.6. The maximum atomic E-state index is 12.6. The van der Waals surface area contributed by atoms with Gasteiger partial charge in [0.2, 0.25) is 5.91 Å². The highest BCUT2D eigenvalue weighted by Gasteiger charge is 2.20. The van der Waals surface area contributed by atoms with Crippen LogP contribution in [0.5, 0.6) is 0 Å². The van der Waals surface area contributed by atoms with Crippen LogP contribution >= 0.6 is 0 Å². The van der Waals surface area contributed by atoms with Gasteiger partial charge in [0.05, 0.1) is 25.4 Å². The molecule has 0 heterocycles. The predicted octanol–water partition coefficient (Wildman–Crippen LogP) is 24.1. The summed E-state index contributed by atoms with van der Waals surface area (Å²) in [6.45, 7) is 4.99. The lowest BCUT2D eigenvalue weighted by Crippen LogP contribution is -2.45. The number of hydrogen-bond donors (Lipinski definition) is 3. The molecule has 2 unspecified atom stereocenters. The van der Waals surface area contributed by atoms with Crippen LogP contribution in [0.2, 0.25) is 0 Å². The van der Waals surface area contributed by atoms with Crippen LogP contribution in [0.25, 0.3) is 0 Å². The highest BCUT2D eigenvalue weighted by molar-refractivity contribution is 5.76. The van der Waals surface area contributed by atoms with E-state index in [1.165, 1.54) is 340 Å². The summed E-state index contributed by atoms with van der Waals surface area (Å²) in [6, 6.07) is -0.548. The maximum absolute atomic E-state index is 12.6. The van der Waals surface area contributed by atoms with Crippen molar-refractivity contribution in [2.24, 2.45) is 0 Å². The van der Waals surface area contributed by atoms with Gasteiger partial charge in [-0.3, -0.25) is 9.59 Å². The van der Waals surface area contributed by atoms with Crippen LogP contribution in [0, 0.1) is 0 Å². The van der Waals surface area contributed by atoms with Gasteiger partial charge in [-0.2, -0.15) is 0 Å². The Morgan fingerprint density at radius 2 is 0.580 bits per heavy atom. The summed E-state index contributed by atoms with van der Waals surface area (Å²) in [5, 5.41) is 23.4. The van der Waals surface area contributed by atoms with Crippen molar-refractivity contribution < 1.29 is 24.5 Å². The van der Waals surface area contributed by atoms with E-state index in [4.69, 9.17) is 4.74 Å². The number of esters is 1. The van der Waals surface area contributed by atoms with Gasteiger partial charge in [-0.15, -0.1) is 0 Å². The minimum absolute atomic E-state index is 0.0108. The predicted molar refractivity (Wildman–Crippen MR) is 356 cm³/mol. The minimum Gasteiger partial charge on any atom is -0.466 e. The molecule has 0 aromatic rings. The number of unbranched alkanes of at least 4 members (excludes halogenated alkanes) is 55. The van der Waals surface area contributed by atoms with Gasteiger partial charge in [-0.25, -0.2) is 0 Å². The smallest absolute Gasteiger partial charge is 0.305 e. The monoisotopic (exact) mass is 1140 g/mol. The molecular weight excluding hydrogens is 995 g/mol. The quantitative estimate of drug-likeness (QED) is 0.0320. The zero-order valence-electron chi connectivity index (χ0n) is 55.0. The number of aliphatic hydroxyl groups excluding tert-OH is 2. The van der Waals surface area contributed by atoms with Crippen LogP contribution in [0.4, 0.5) is 0 Å². The van der Waals surface area contributed by atoms with Gasteiger partial charge in [0, 0.05) is 12.8 Å². The Bertz CT molecular complexity index is 1270. The van der Waals surface area contributed by atoms with Crippen molar-refractivity contribution in [2.45, 2.75) is 431 Å². The van der Waals surface area contributed by atoms with Crippen molar-refractivity contribution in [3.8, 4) is 0 Å². The molecule has 2 atom stereocenters. The zero-order chi connectivity index (χ0) is 58.5. The van der Waals surface area contributed by atoms with Gasteiger partial charge >= 0.3 is 5.97 Å². The number of nitrogens with one attached hydrogen (secondary N) is 1. The first kappa shape index (κ1) is 79.3. The van der Waals surface area contributed by atoms with Gasteiger partial charge in [-0.05, 0) is 77.0 Å². The molecule has 0 rings (SSSR count). The lowest BCUT2D eigenvalue weighted by Gasteiger charge is -2.22. The molecule has 0 saturated carbocycles. The van der Waals surface area contributed by atoms with Crippen LogP contribution in [0.1, 0.15) is 418 Å². The molecule has 0 aliphatic heterocycles. The molecule has 0 aliphatic rings. The Hall–Kier alpha value is -1.66. The van der Waals surface area contributed by atoms with Crippen LogP contribution in [-0.4, -0.2) is 47.4 Å². The number of rotatable bonds is 70. The summed E-state index contributed by atoms with van der Waals surface area (Å²) in [5.41, 5.74) is 0. The van der Waals surface area contributed by atoms with Crippen LogP contribution in [0.3, 0.4) is 0 Å². The molecular formula is C75H145NO5. The number of allylic oxidation sites excluding steroid dienone is 4. The highest BCUT2D eigenvalue weighted by atomic mass is 16.5. The lowest BCUT2D eigenvalue weighted by atomic mass is 10.0.